The van der Waals surface area contributed by atoms with Crippen molar-refractivity contribution in [3.63, 3.8) is 0 Å². The van der Waals surface area contributed by atoms with E-state index in [2.05, 4.69) is 34.5 Å². The highest BCUT2D eigenvalue weighted by atomic mass is 32.2. The summed E-state index contributed by atoms with van der Waals surface area (Å²) in [6.07, 6.45) is 0.981. The van der Waals surface area contributed by atoms with Gasteiger partial charge in [0.05, 0.1) is 5.75 Å². The molecule has 1 atom stereocenters. The van der Waals surface area contributed by atoms with Crippen LogP contribution in [0.2, 0.25) is 0 Å². The van der Waals surface area contributed by atoms with Gasteiger partial charge in [-0.3, -0.25) is 4.79 Å². The van der Waals surface area contributed by atoms with Crippen molar-refractivity contribution >= 4 is 17.7 Å². The van der Waals surface area contributed by atoms with Crippen LogP contribution in [0.15, 0.2) is 64.0 Å². The zero-order chi connectivity index (χ0) is 19.1. The van der Waals surface area contributed by atoms with Gasteiger partial charge >= 0.3 is 0 Å². The first-order chi connectivity index (χ1) is 13.2. The second-order valence-electron chi connectivity index (χ2n) is 6.27. The Balaban J connectivity index is 1.52. The number of nitrogens with one attached hydrogen (secondary N) is 1. The number of amides is 1. The summed E-state index contributed by atoms with van der Waals surface area (Å²) in [6, 6.07) is 17.9. The molecule has 1 heterocycles. The molecular weight excluding hydrogens is 358 g/mol. The minimum absolute atomic E-state index is 0.0477. The molecule has 1 amide bonds. The maximum absolute atomic E-state index is 12.4. The van der Waals surface area contributed by atoms with Crippen LogP contribution in [0.1, 0.15) is 46.9 Å². The van der Waals surface area contributed by atoms with E-state index >= 15 is 0 Å². The van der Waals surface area contributed by atoms with Gasteiger partial charge in [-0.05, 0) is 43.2 Å². The zero-order valence-corrected chi connectivity index (χ0v) is 16.3. The van der Waals surface area contributed by atoms with Crippen LogP contribution in [-0.2, 0) is 5.75 Å². The quantitative estimate of drug-likeness (QED) is 0.578. The summed E-state index contributed by atoms with van der Waals surface area (Å²) in [7, 11) is 0. The molecule has 3 aromatic rings. The molecule has 0 saturated carbocycles. The first-order valence-corrected chi connectivity index (χ1v) is 9.99. The second kappa shape index (κ2) is 9.37. The lowest BCUT2D eigenvalue weighted by Crippen LogP contribution is -2.28. The second-order valence-corrected chi connectivity index (χ2v) is 7.32. The molecule has 0 aliphatic heterocycles. The predicted molar refractivity (Wildman–Crippen MR) is 107 cm³/mol. The Hall–Kier alpha value is -2.60. The minimum Gasteiger partial charge on any atom is -0.351 e. The molecule has 6 heteroatoms. The summed E-state index contributed by atoms with van der Waals surface area (Å²) in [5.74, 6) is 2.13. The van der Waals surface area contributed by atoms with Crippen LogP contribution in [0, 0.1) is 6.92 Å². The average Bonchev–Trinajstić information content (AvgIpc) is 3.13. The Morgan fingerprint density at radius 1 is 1.15 bits per heavy atom. The lowest BCUT2D eigenvalue weighted by Gasteiger charge is -2.16. The fourth-order valence-electron chi connectivity index (χ4n) is 2.79. The van der Waals surface area contributed by atoms with Crippen molar-refractivity contribution < 1.29 is 9.32 Å². The molecule has 5 nitrogen and oxygen atoms in total. The number of carbonyl (C=O) groups excluding carboxylic acids is 1. The van der Waals surface area contributed by atoms with Crippen molar-refractivity contribution in [1.82, 2.24) is 15.5 Å². The Kier molecular flexibility index (Phi) is 6.65. The van der Waals surface area contributed by atoms with Crippen LogP contribution in [0.25, 0.3) is 0 Å². The van der Waals surface area contributed by atoms with Gasteiger partial charge in [-0.2, -0.15) is 4.98 Å². The van der Waals surface area contributed by atoms with Gasteiger partial charge < -0.3 is 9.84 Å². The van der Waals surface area contributed by atoms with Gasteiger partial charge in [-0.1, -0.05) is 42.4 Å². The van der Waals surface area contributed by atoms with Crippen LogP contribution in [0.4, 0.5) is 0 Å². The molecule has 0 fully saturated rings. The van der Waals surface area contributed by atoms with E-state index in [-0.39, 0.29) is 5.91 Å². The molecule has 2 aromatic carbocycles. The summed E-state index contributed by atoms with van der Waals surface area (Å²) >= 11 is 1.60. The lowest BCUT2D eigenvalue weighted by atomic mass is 9.96. The molecule has 0 saturated heterocycles. The summed E-state index contributed by atoms with van der Waals surface area (Å²) in [5, 5.41) is 6.83. The number of thioether (sulfide) groups is 1. The molecule has 0 unspecified atom stereocenters. The van der Waals surface area contributed by atoms with E-state index in [1.54, 1.807) is 18.7 Å². The van der Waals surface area contributed by atoms with Gasteiger partial charge in [0.1, 0.15) is 0 Å². The van der Waals surface area contributed by atoms with Crippen molar-refractivity contribution in [2.75, 3.05) is 6.54 Å². The normalized spacial score (nSPS) is 11.9. The molecule has 0 radical (unpaired) electrons. The summed E-state index contributed by atoms with van der Waals surface area (Å²) in [6.45, 7) is 4.57. The van der Waals surface area contributed by atoms with E-state index in [0.29, 0.717) is 35.5 Å². The van der Waals surface area contributed by atoms with E-state index in [4.69, 9.17) is 4.52 Å². The van der Waals surface area contributed by atoms with E-state index < -0.39 is 0 Å². The first-order valence-electron chi connectivity index (χ1n) is 9.01. The van der Waals surface area contributed by atoms with Crippen LogP contribution in [0.5, 0.6) is 0 Å². The van der Waals surface area contributed by atoms with Gasteiger partial charge in [0.2, 0.25) is 5.89 Å². The zero-order valence-electron chi connectivity index (χ0n) is 15.5. The standard InChI is InChI=1S/C21H23N3O2S/c1-3-16(17-7-5-4-6-8-17)13-22-21(25)18-9-11-19(12-10-18)27-14-20-23-15(2)24-26-20/h4-12,16H,3,13-14H2,1-2H3,(H,22,25)/t16-/m0/s1. The highest BCUT2D eigenvalue weighted by Gasteiger charge is 2.12. The summed E-state index contributed by atoms with van der Waals surface area (Å²) in [5.41, 5.74) is 1.92. The highest BCUT2D eigenvalue weighted by Crippen LogP contribution is 2.23. The van der Waals surface area contributed by atoms with Crippen molar-refractivity contribution in [3.05, 3.63) is 77.4 Å². The average molecular weight is 382 g/mol. The third-order valence-corrected chi connectivity index (χ3v) is 5.32. The van der Waals surface area contributed by atoms with Crippen LogP contribution in [0.3, 0.4) is 0 Å². The summed E-state index contributed by atoms with van der Waals surface area (Å²) < 4.78 is 5.10. The minimum atomic E-state index is -0.0477. The van der Waals surface area contributed by atoms with Crippen molar-refractivity contribution in [2.45, 2.75) is 36.8 Å². The van der Waals surface area contributed by atoms with Gasteiger partial charge in [-0.15, -0.1) is 11.8 Å². The van der Waals surface area contributed by atoms with Gasteiger partial charge in [0.25, 0.3) is 5.91 Å². The van der Waals surface area contributed by atoms with Crippen molar-refractivity contribution in [3.8, 4) is 0 Å². The highest BCUT2D eigenvalue weighted by molar-refractivity contribution is 7.98. The molecule has 0 spiro atoms. The number of aromatic nitrogens is 2. The van der Waals surface area contributed by atoms with Gasteiger partial charge in [-0.25, -0.2) is 0 Å². The van der Waals surface area contributed by atoms with Crippen molar-refractivity contribution in [2.24, 2.45) is 0 Å². The van der Waals surface area contributed by atoms with Crippen LogP contribution < -0.4 is 5.32 Å². The number of benzene rings is 2. The number of rotatable bonds is 8. The number of hydrogen-bond acceptors (Lipinski definition) is 5. The Morgan fingerprint density at radius 3 is 2.52 bits per heavy atom. The number of nitrogens with zero attached hydrogens (tertiary/aromatic N) is 2. The van der Waals surface area contributed by atoms with Crippen molar-refractivity contribution in [1.29, 1.82) is 0 Å². The van der Waals surface area contributed by atoms with Gasteiger partial charge in [0, 0.05) is 22.9 Å². The third kappa shape index (κ3) is 5.44. The Morgan fingerprint density at radius 2 is 1.89 bits per heavy atom. The Bertz CT molecular complexity index is 863. The smallest absolute Gasteiger partial charge is 0.251 e. The van der Waals surface area contributed by atoms with Crippen LogP contribution >= 0.6 is 11.8 Å². The SMILES string of the molecule is CC[C@@H](CNC(=O)c1ccc(SCc2nc(C)no2)cc1)c1ccccc1. The Labute approximate surface area is 163 Å². The third-order valence-electron chi connectivity index (χ3n) is 4.32. The molecule has 0 aliphatic carbocycles. The maximum Gasteiger partial charge on any atom is 0.251 e. The molecular formula is C21H23N3O2S. The predicted octanol–water partition coefficient (Wildman–Crippen LogP) is 4.59. The van der Waals surface area contributed by atoms with E-state index in [0.717, 1.165) is 11.3 Å². The molecule has 1 aromatic heterocycles. The fraction of sp³-hybridized carbons (Fsp3) is 0.286. The van der Waals surface area contributed by atoms with Crippen LogP contribution in [-0.4, -0.2) is 22.6 Å². The molecule has 27 heavy (non-hydrogen) atoms. The number of aryl methyl sites for hydroxylation is 1. The molecule has 3 rings (SSSR count). The largest absolute Gasteiger partial charge is 0.351 e. The molecule has 140 valence electrons. The van der Waals surface area contributed by atoms with E-state index in [9.17, 15) is 4.79 Å². The fourth-order valence-corrected chi connectivity index (χ4v) is 3.52. The lowest BCUT2D eigenvalue weighted by molar-refractivity contribution is 0.0951. The maximum atomic E-state index is 12.4. The topological polar surface area (TPSA) is 68.0 Å². The van der Waals surface area contributed by atoms with E-state index in [1.165, 1.54) is 5.56 Å². The monoisotopic (exact) mass is 381 g/mol. The number of hydrogen-bond donors (Lipinski definition) is 1. The molecule has 0 bridgehead atoms. The van der Waals surface area contributed by atoms with Gasteiger partial charge in [0.15, 0.2) is 5.82 Å². The molecule has 1 N–H and O–H groups in total. The van der Waals surface area contributed by atoms with E-state index in [1.807, 2.05) is 42.5 Å². The summed E-state index contributed by atoms with van der Waals surface area (Å²) in [4.78, 5) is 17.7. The first kappa shape index (κ1) is 19.2. The molecule has 0 aliphatic rings. The number of carbonyl (C=O) groups is 1.